The summed E-state index contributed by atoms with van der Waals surface area (Å²) in [6.07, 6.45) is 1.01. The Kier molecular flexibility index (Phi) is 4.82. The van der Waals surface area contributed by atoms with Crippen LogP contribution in [0.3, 0.4) is 0 Å². The zero-order valence-electron chi connectivity index (χ0n) is 7.53. The van der Waals surface area contributed by atoms with E-state index in [2.05, 4.69) is 44.7 Å². The van der Waals surface area contributed by atoms with E-state index in [1.54, 1.807) is 0 Å². The molecule has 1 aliphatic heterocycles. The quantitative estimate of drug-likeness (QED) is 0.673. The van der Waals surface area contributed by atoms with Crippen molar-refractivity contribution in [2.24, 2.45) is 5.16 Å². The highest BCUT2D eigenvalue weighted by Crippen LogP contribution is 1.99. The Bertz CT molecular complexity index is 272. The van der Waals surface area contributed by atoms with Crippen LogP contribution in [0, 0.1) is 3.57 Å². The van der Waals surface area contributed by atoms with Crippen molar-refractivity contribution in [3.8, 4) is 0 Å². The van der Waals surface area contributed by atoms with Crippen LogP contribution in [0.25, 0.3) is 0 Å². The van der Waals surface area contributed by atoms with Gasteiger partial charge in [-0.2, -0.15) is 0 Å². The highest BCUT2D eigenvalue weighted by Gasteiger charge is 1.98. The second kappa shape index (κ2) is 5.96. The molecule has 0 fully saturated rings. The molecule has 1 heterocycles. The minimum absolute atomic E-state index is 0.784. The predicted molar refractivity (Wildman–Crippen MR) is 62.8 cm³/mol. The van der Waals surface area contributed by atoms with Crippen LogP contribution in [-0.4, -0.2) is 12.3 Å². The lowest BCUT2D eigenvalue weighted by Gasteiger charge is -1.80. The standard InChI is InChI=1S/C6H5I.C4H7NO/c7-6-4-2-1-3-5-6;1-4-2-3-6-5-4/h1-5H;2-3H2,1H3. The summed E-state index contributed by atoms with van der Waals surface area (Å²) in [6, 6.07) is 10.2. The molecule has 0 atom stereocenters. The van der Waals surface area contributed by atoms with Crippen LogP contribution in [0.4, 0.5) is 0 Å². The zero-order chi connectivity index (χ0) is 9.52. The second-order valence-corrected chi connectivity index (χ2v) is 3.95. The van der Waals surface area contributed by atoms with Gasteiger partial charge in [-0.3, -0.25) is 0 Å². The SMILES string of the molecule is CC1=NOCC1.Ic1ccccc1. The molecule has 0 unspecified atom stereocenters. The highest BCUT2D eigenvalue weighted by molar-refractivity contribution is 14.1. The van der Waals surface area contributed by atoms with Crippen molar-refractivity contribution in [2.45, 2.75) is 13.3 Å². The van der Waals surface area contributed by atoms with Crippen molar-refractivity contribution in [3.63, 3.8) is 0 Å². The number of halogens is 1. The maximum Gasteiger partial charge on any atom is 0.122 e. The first-order chi connectivity index (χ1) is 6.29. The van der Waals surface area contributed by atoms with Crippen LogP contribution < -0.4 is 0 Å². The zero-order valence-corrected chi connectivity index (χ0v) is 9.69. The average molecular weight is 289 g/mol. The third-order valence-corrected chi connectivity index (χ3v) is 2.23. The molecule has 13 heavy (non-hydrogen) atoms. The molecule has 0 amide bonds. The van der Waals surface area contributed by atoms with Gasteiger partial charge in [0.05, 0.1) is 5.71 Å². The van der Waals surface area contributed by atoms with Crippen molar-refractivity contribution in [3.05, 3.63) is 33.9 Å². The minimum Gasteiger partial charge on any atom is -0.395 e. The Morgan fingerprint density at radius 1 is 1.31 bits per heavy atom. The monoisotopic (exact) mass is 289 g/mol. The second-order valence-electron chi connectivity index (χ2n) is 2.71. The number of benzene rings is 1. The van der Waals surface area contributed by atoms with Crippen LogP contribution in [0.2, 0.25) is 0 Å². The first-order valence-electron chi connectivity index (χ1n) is 4.15. The van der Waals surface area contributed by atoms with E-state index in [0.29, 0.717) is 0 Å². The van der Waals surface area contributed by atoms with E-state index in [9.17, 15) is 0 Å². The third kappa shape index (κ3) is 4.87. The van der Waals surface area contributed by atoms with E-state index in [1.165, 1.54) is 3.57 Å². The van der Waals surface area contributed by atoms with Crippen molar-refractivity contribution in [1.82, 2.24) is 0 Å². The van der Waals surface area contributed by atoms with Crippen molar-refractivity contribution in [2.75, 3.05) is 6.61 Å². The molecule has 2 rings (SSSR count). The molecule has 70 valence electrons. The first-order valence-corrected chi connectivity index (χ1v) is 5.23. The molecule has 3 heteroatoms. The molecule has 0 aromatic heterocycles. The van der Waals surface area contributed by atoms with E-state index in [4.69, 9.17) is 0 Å². The molecule has 0 radical (unpaired) electrons. The largest absolute Gasteiger partial charge is 0.395 e. The van der Waals surface area contributed by atoms with Crippen LogP contribution >= 0.6 is 22.6 Å². The fraction of sp³-hybridized carbons (Fsp3) is 0.300. The minimum atomic E-state index is 0.784. The van der Waals surface area contributed by atoms with Gasteiger partial charge in [-0.05, 0) is 41.6 Å². The summed E-state index contributed by atoms with van der Waals surface area (Å²) in [7, 11) is 0. The first kappa shape index (κ1) is 10.5. The van der Waals surface area contributed by atoms with Gasteiger partial charge in [0.25, 0.3) is 0 Å². The van der Waals surface area contributed by atoms with Crippen LogP contribution in [0.15, 0.2) is 35.5 Å². The summed E-state index contributed by atoms with van der Waals surface area (Å²) in [6.45, 7) is 2.75. The predicted octanol–water partition coefficient (Wildman–Crippen LogP) is 3.07. The lowest BCUT2D eigenvalue weighted by molar-refractivity contribution is 0.173. The summed E-state index contributed by atoms with van der Waals surface area (Å²) in [5, 5.41) is 3.65. The van der Waals surface area contributed by atoms with Crippen molar-refractivity contribution < 1.29 is 4.84 Å². The maximum atomic E-state index is 4.64. The van der Waals surface area contributed by atoms with E-state index < -0.39 is 0 Å². The number of hydrogen-bond acceptors (Lipinski definition) is 2. The summed E-state index contributed by atoms with van der Waals surface area (Å²) in [4.78, 5) is 4.64. The number of oxime groups is 1. The van der Waals surface area contributed by atoms with Gasteiger partial charge in [0, 0.05) is 9.99 Å². The van der Waals surface area contributed by atoms with E-state index >= 15 is 0 Å². The fourth-order valence-electron chi connectivity index (χ4n) is 0.809. The number of hydrogen-bond donors (Lipinski definition) is 0. The summed E-state index contributed by atoms with van der Waals surface area (Å²) < 4.78 is 1.29. The topological polar surface area (TPSA) is 21.6 Å². The number of rotatable bonds is 0. The van der Waals surface area contributed by atoms with Gasteiger partial charge in [0.1, 0.15) is 6.61 Å². The lowest BCUT2D eigenvalue weighted by Crippen LogP contribution is -1.82. The molecule has 1 aliphatic rings. The molecule has 0 spiro atoms. The van der Waals surface area contributed by atoms with Gasteiger partial charge < -0.3 is 4.84 Å². The van der Waals surface area contributed by atoms with Crippen LogP contribution in [-0.2, 0) is 4.84 Å². The Morgan fingerprint density at radius 3 is 2.23 bits per heavy atom. The van der Waals surface area contributed by atoms with Gasteiger partial charge in [-0.15, -0.1) is 0 Å². The summed E-state index contributed by atoms with van der Waals surface area (Å²) in [5.74, 6) is 0. The Balaban J connectivity index is 0.000000132. The molecule has 2 nitrogen and oxygen atoms in total. The fourth-order valence-corrected chi connectivity index (χ4v) is 1.22. The van der Waals surface area contributed by atoms with Gasteiger partial charge in [0.15, 0.2) is 0 Å². The summed E-state index contributed by atoms with van der Waals surface area (Å²) >= 11 is 2.28. The number of nitrogens with zero attached hydrogens (tertiary/aromatic N) is 1. The van der Waals surface area contributed by atoms with E-state index in [1.807, 2.05) is 25.1 Å². The molecule has 0 saturated heterocycles. The molecule has 1 aromatic rings. The summed E-state index contributed by atoms with van der Waals surface area (Å²) in [5.41, 5.74) is 1.11. The van der Waals surface area contributed by atoms with Gasteiger partial charge in [0.2, 0.25) is 0 Å². The normalized spacial score (nSPS) is 13.8. The Morgan fingerprint density at radius 2 is 2.00 bits per heavy atom. The Labute approximate surface area is 92.1 Å². The van der Waals surface area contributed by atoms with Crippen molar-refractivity contribution >= 4 is 28.3 Å². The molecular formula is C10H12INO. The highest BCUT2D eigenvalue weighted by atomic mass is 127. The van der Waals surface area contributed by atoms with Crippen LogP contribution in [0.5, 0.6) is 0 Å². The van der Waals surface area contributed by atoms with Crippen molar-refractivity contribution in [1.29, 1.82) is 0 Å². The average Bonchev–Trinajstić information content (AvgIpc) is 2.58. The smallest absolute Gasteiger partial charge is 0.122 e. The molecular weight excluding hydrogens is 277 g/mol. The third-order valence-electron chi connectivity index (χ3n) is 1.51. The lowest BCUT2D eigenvalue weighted by atomic mass is 10.3. The van der Waals surface area contributed by atoms with Gasteiger partial charge in [-0.1, -0.05) is 23.4 Å². The molecule has 1 aromatic carbocycles. The Hall–Kier alpha value is -0.580. The van der Waals surface area contributed by atoms with E-state index in [-0.39, 0.29) is 0 Å². The maximum absolute atomic E-state index is 4.64. The molecule has 0 saturated carbocycles. The van der Waals surface area contributed by atoms with Gasteiger partial charge >= 0.3 is 0 Å². The molecule has 0 N–H and O–H groups in total. The molecule has 0 aliphatic carbocycles. The van der Waals surface area contributed by atoms with Crippen LogP contribution in [0.1, 0.15) is 13.3 Å². The van der Waals surface area contributed by atoms with E-state index in [0.717, 1.165) is 18.7 Å². The van der Waals surface area contributed by atoms with Gasteiger partial charge in [-0.25, -0.2) is 0 Å². The molecule has 0 bridgehead atoms.